The summed E-state index contributed by atoms with van der Waals surface area (Å²) in [4.78, 5) is 24.6. The van der Waals surface area contributed by atoms with Gasteiger partial charge in [-0.15, -0.1) is 0 Å². The van der Waals surface area contributed by atoms with Crippen LogP contribution in [-0.2, 0) is 14.3 Å². The number of hydrogen-bond donors (Lipinski definition) is 3. The number of carbonyl (C=O) groups excluding carboxylic acids is 2. The monoisotopic (exact) mass is 1240 g/mol. The lowest BCUT2D eigenvalue weighted by molar-refractivity contribution is -0.143. The third kappa shape index (κ3) is 73.6. The Kier molecular flexibility index (Phi) is 76.8. The molecule has 0 aliphatic carbocycles. The molecule has 0 rings (SSSR count). The van der Waals surface area contributed by atoms with Gasteiger partial charge in [-0.05, 0) is 51.4 Å². The highest BCUT2D eigenvalue weighted by atomic mass is 16.5. The number of carbonyl (C=O) groups is 2. The van der Waals surface area contributed by atoms with Gasteiger partial charge in [0.2, 0.25) is 5.91 Å². The van der Waals surface area contributed by atoms with Crippen molar-refractivity contribution in [3.8, 4) is 0 Å². The predicted octanol–water partition coefficient (Wildman–Crippen LogP) is 27.1. The molecule has 6 heteroatoms. The van der Waals surface area contributed by atoms with Gasteiger partial charge in [0.15, 0.2) is 0 Å². The lowest BCUT2D eigenvalue weighted by Gasteiger charge is -2.22. The molecule has 1 amide bonds. The second kappa shape index (κ2) is 78.0. The number of esters is 1. The first-order valence-electron chi connectivity index (χ1n) is 40.9. The van der Waals surface area contributed by atoms with Gasteiger partial charge in [0, 0.05) is 12.8 Å². The quantitative estimate of drug-likeness (QED) is 0.0320. The number of amides is 1. The van der Waals surface area contributed by atoms with Gasteiger partial charge in [0.05, 0.1) is 25.4 Å². The summed E-state index contributed by atoms with van der Waals surface area (Å²) in [5.41, 5.74) is 0. The number of hydrogen-bond acceptors (Lipinski definition) is 5. The fraction of sp³-hybridized carbons (Fsp3) is 0.951. The third-order valence-electron chi connectivity index (χ3n) is 19.6. The highest BCUT2D eigenvalue weighted by molar-refractivity contribution is 5.76. The van der Waals surface area contributed by atoms with Gasteiger partial charge in [-0.2, -0.15) is 0 Å². The van der Waals surface area contributed by atoms with E-state index in [0.29, 0.717) is 25.9 Å². The normalized spacial score (nSPS) is 12.5. The molecule has 2 unspecified atom stereocenters. The lowest BCUT2D eigenvalue weighted by atomic mass is 10.0. The van der Waals surface area contributed by atoms with E-state index < -0.39 is 12.1 Å². The summed E-state index contributed by atoms with van der Waals surface area (Å²) >= 11 is 0. The van der Waals surface area contributed by atoms with Gasteiger partial charge in [-0.1, -0.05) is 424 Å². The molecule has 0 saturated heterocycles. The van der Waals surface area contributed by atoms with Crippen molar-refractivity contribution in [3.05, 3.63) is 12.2 Å². The number of ether oxygens (including phenoxy) is 1. The summed E-state index contributed by atoms with van der Waals surface area (Å²) in [5.74, 6) is 0.00106. The van der Waals surface area contributed by atoms with Crippen molar-refractivity contribution >= 4 is 11.9 Å². The third-order valence-corrected chi connectivity index (χ3v) is 19.6. The van der Waals surface area contributed by atoms with Crippen molar-refractivity contribution in [2.24, 2.45) is 0 Å². The predicted molar refractivity (Wildman–Crippen MR) is 389 cm³/mol. The molecule has 2 atom stereocenters. The molecule has 0 aromatic rings. The Morgan fingerprint density at radius 2 is 0.534 bits per heavy atom. The first-order chi connectivity index (χ1) is 43.5. The molecule has 6 nitrogen and oxygen atoms in total. The summed E-state index contributed by atoms with van der Waals surface area (Å²) < 4.78 is 5.52. The van der Waals surface area contributed by atoms with E-state index in [1.54, 1.807) is 0 Å². The van der Waals surface area contributed by atoms with Crippen LogP contribution in [0.4, 0.5) is 0 Å². The first kappa shape index (κ1) is 86.6. The average molecular weight is 1240 g/mol. The zero-order valence-electron chi connectivity index (χ0n) is 60.3. The molecule has 0 aliphatic rings. The standard InChI is InChI=1S/C82H161NO5/c1-3-5-7-9-11-13-15-17-19-43-48-52-56-60-64-68-72-76-82(87)88-77-73-69-65-61-57-53-49-45-42-40-38-36-34-32-30-28-26-24-22-20-21-23-25-27-29-31-33-35-37-39-41-44-47-51-55-59-63-67-71-75-81(86)83-79(78-84)80(85)74-70-66-62-58-54-50-46-18-16-14-12-10-8-6-4-2/h20-21,79-80,84-85H,3-19,22-78H2,1-2H3,(H,83,86)/b21-20-. The van der Waals surface area contributed by atoms with Crippen LogP contribution in [0.25, 0.3) is 0 Å². The molecule has 0 aromatic carbocycles. The Hall–Kier alpha value is -1.40. The van der Waals surface area contributed by atoms with Crippen molar-refractivity contribution in [2.45, 2.75) is 488 Å². The van der Waals surface area contributed by atoms with E-state index in [4.69, 9.17) is 4.74 Å². The molecular formula is C82H161NO5. The Morgan fingerprint density at radius 1 is 0.307 bits per heavy atom. The number of aliphatic hydroxyl groups excluding tert-OH is 2. The van der Waals surface area contributed by atoms with Crippen LogP contribution in [-0.4, -0.2) is 47.4 Å². The highest BCUT2D eigenvalue weighted by Gasteiger charge is 2.20. The number of nitrogens with one attached hydrogen (secondary N) is 1. The van der Waals surface area contributed by atoms with Crippen molar-refractivity contribution < 1.29 is 24.5 Å². The molecule has 0 fully saturated rings. The Labute approximate surface area is 552 Å². The maximum Gasteiger partial charge on any atom is 0.305 e. The van der Waals surface area contributed by atoms with Gasteiger partial charge in [-0.25, -0.2) is 0 Å². The molecule has 88 heavy (non-hydrogen) atoms. The molecule has 0 bridgehead atoms. The smallest absolute Gasteiger partial charge is 0.305 e. The number of allylic oxidation sites excluding steroid dienone is 2. The summed E-state index contributed by atoms with van der Waals surface area (Å²) in [6.07, 6.45) is 99.0. The molecule has 524 valence electrons. The van der Waals surface area contributed by atoms with Crippen LogP contribution in [0.1, 0.15) is 476 Å². The van der Waals surface area contributed by atoms with E-state index in [1.165, 1.54) is 405 Å². The lowest BCUT2D eigenvalue weighted by Crippen LogP contribution is -2.45. The largest absolute Gasteiger partial charge is 0.466 e. The van der Waals surface area contributed by atoms with Crippen LogP contribution >= 0.6 is 0 Å². The second-order valence-electron chi connectivity index (χ2n) is 28.5. The topological polar surface area (TPSA) is 95.9 Å². The molecule has 3 N–H and O–H groups in total. The highest BCUT2D eigenvalue weighted by Crippen LogP contribution is 2.21. The van der Waals surface area contributed by atoms with Gasteiger partial charge in [-0.3, -0.25) is 9.59 Å². The average Bonchev–Trinajstić information content (AvgIpc) is 3.59. The van der Waals surface area contributed by atoms with Crippen molar-refractivity contribution in [1.29, 1.82) is 0 Å². The summed E-state index contributed by atoms with van der Waals surface area (Å²) in [7, 11) is 0. The maximum absolute atomic E-state index is 12.5. The SMILES string of the molecule is CCCCCCCCCCCCCCCCCCCC(=O)OCCCCCCCCCCCCCCCCCCCC/C=C\CCCCCCCCCCCCCCCCCCCC(=O)NC(CO)C(O)CCCCCCCCCCCCCCCCC. The molecule has 0 spiro atoms. The Balaban J connectivity index is 3.30. The molecule has 0 aromatic heterocycles. The minimum Gasteiger partial charge on any atom is -0.466 e. The molecule has 0 aliphatic heterocycles. The summed E-state index contributed by atoms with van der Waals surface area (Å²) in [6, 6.07) is -0.537. The molecular weight excluding hydrogens is 1080 g/mol. The number of unbranched alkanes of at least 4 members (excludes halogenated alkanes) is 65. The fourth-order valence-corrected chi connectivity index (χ4v) is 13.3. The Bertz CT molecular complexity index is 1340. The minimum atomic E-state index is -0.660. The molecule has 0 saturated carbocycles. The zero-order valence-corrected chi connectivity index (χ0v) is 60.3. The van der Waals surface area contributed by atoms with Gasteiger partial charge in [0.1, 0.15) is 0 Å². The first-order valence-corrected chi connectivity index (χ1v) is 40.9. The van der Waals surface area contributed by atoms with Gasteiger partial charge in [0.25, 0.3) is 0 Å². The van der Waals surface area contributed by atoms with E-state index >= 15 is 0 Å². The zero-order chi connectivity index (χ0) is 63.5. The van der Waals surface area contributed by atoms with Gasteiger partial charge >= 0.3 is 5.97 Å². The van der Waals surface area contributed by atoms with Gasteiger partial charge < -0.3 is 20.3 Å². The number of rotatable bonds is 78. The fourth-order valence-electron chi connectivity index (χ4n) is 13.3. The van der Waals surface area contributed by atoms with Crippen LogP contribution < -0.4 is 5.32 Å². The van der Waals surface area contributed by atoms with Crippen molar-refractivity contribution in [2.75, 3.05) is 13.2 Å². The van der Waals surface area contributed by atoms with Crippen LogP contribution in [0.2, 0.25) is 0 Å². The van der Waals surface area contributed by atoms with Crippen molar-refractivity contribution in [1.82, 2.24) is 5.32 Å². The second-order valence-corrected chi connectivity index (χ2v) is 28.5. The van der Waals surface area contributed by atoms with Crippen molar-refractivity contribution in [3.63, 3.8) is 0 Å². The Morgan fingerprint density at radius 3 is 0.807 bits per heavy atom. The van der Waals surface area contributed by atoms with E-state index in [-0.39, 0.29) is 18.5 Å². The van der Waals surface area contributed by atoms with Crippen LogP contribution in [0, 0.1) is 0 Å². The number of aliphatic hydroxyl groups is 2. The minimum absolute atomic E-state index is 0.0266. The maximum atomic E-state index is 12.5. The van der Waals surface area contributed by atoms with Crippen LogP contribution in [0.3, 0.4) is 0 Å². The van der Waals surface area contributed by atoms with E-state index in [9.17, 15) is 19.8 Å². The molecule has 0 heterocycles. The summed E-state index contributed by atoms with van der Waals surface area (Å²) in [5, 5.41) is 23.4. The van der Waals surface area contributed by atoms with E-state index in [2.05, 4.69) is 31.3 Å². The molecule has 0 radical (unpaired) electrons. The van der Waals surface area contributed by atoms with Crippen LogP contribution in [0.15, 0.2) is 12.2 Å². The summed E-state index contributed by atoms with van der Waals surface area (Å²) in [6.45, 7) is 5.01. The van der Waals surface area contributed by atoms with E-state index in [1.807, 2.05) is 0 Å². The van der Waals surface area contributed by atoms with Crippen LogP contribution in [0.5, 0.6) is 0 Å². The van der Waals surface area contributed by atoms with E-state index in [0.717, 1.165) is 38.5 Å².